The number of rotatable bonds is 8. The third-order valence-corrected chi connectivity index (χ3v) is 5.30. The van der Waals surface area contributed by atoms with Crippen LogP contribution < -0.4 is 20.9 Å². The molecule has 2 N–H and O–H groups in total. The molecule has 0 atom stereocenters. The molecule has 0 amide bonds. The lowest BCUT2D eigenvalue weighted by molar-refractivity contribution is 0.0600. The normalized spacial score (nSPS) is 10.5. The predicted octanol–water partition coefficient (Wildman–Crippen LogP) is 4.70. The summed E-state index contributed by atoms with van der Waals surface area (Å²) in [5.41, 5.74) is 2.07. The van der Waals surface area contributed by atoms with Crippen molar-refractivity contribution < 1.29 is 14.3 Å². The first-order valence-electron chi connectivity index (χ1n) is 10.6. The molecule has 0 aliphatic heterocycles. The number of ether oxygens (including phenoxy) is 2. The molecule has 0 aliphatic rings. The maximum absolute atomic E-state index is 13.0. The van der Waals surface area contributed by atoms with E-state index in [2.05, 4.69) is 20.6 Å². The molecule has 0 radical (unpaired) electrons. The summed E-state index contributed by atoms with van der Waals surface area (Å²) in [4.78, 5) is 33.1. The van der Waals surface area contributed by atoms with Crippen LogP contribution in [0.25, 0.3) is 0 Å². The topological polar surface area (TPSA) is 107 Å². The Labute approximate surface area is 206 Å². The number of pyridine rings is 1. The number of carbonyl (C=O) groups is 1. The van der Waals surface area contributed by atoms with Gasteiger partial charge >= 0.3 is 5.97 Å². The maximum atomic E-state index is 13.0. The Morgan fingerprint density at radius 3 is 2.46 bits per heavy atom. The summed E-state index contributed by atoms with van der Waals surface area (Å²) in [6.07, 6.45) is 4.39. The summed E-state index contributed by atoms with van der Waals surface area (Å²) >= 11 is 5.99. The molecule has 0 aliphatic carbocycles. The molecule has 2 heterocycles. The molecule has 0 unspecified atom stereocenters. The van der Waals surface area contributed by atoms with Crippen LogP contribution >= 0.6 is 11.6 Å². The average molecular weight is 492 g/mol. The molecular weight excluding hydrogens is 470 g/mol. The van der Waals surface area contributed by atoms with Crippen molar-refractivity contribution in [1.82, 2.24) is 14.5 Å². The number of nitrogens with zero attached hydrogens (tertiary/aromatic N) is 3. The standard InChI is InChI=1S/C25H22ClN5O4/c1-27-22-14-29-25(31(23(22)32)15-16-3-5-18(26)6-4-16)30-19-7-9-20(10-8-19)35-21-11-17(12-28-13-21)24(33)34-2/h3-14,27H,15H2,1-2H3,(H,29,30). The zero-order valence-electron chi connectivity index (χ0n) is 19.0. The molecule has 10 heteroatoms. The first-order chi connectivity index (χ1) is 17.0. The lowest BCUT2D eigenvalue weighted by Gasteiger charge is -2.15. The van der Waals surface area contributed by atoms with Crippen molar-refractivity contribution in [1.29, 1.82) is 0 Å². The van der Waals surface area contributed by atoms with Crippen molar-refractivity contribution in [3.8, 4) is 11.5 Å². The highest BCUT2D eigenvalue weighted by Crippen LogP contribution is 2.25. The van der Waals surface area contributed by atoms with Crippen LogP contribution in [0.1, 0.15) is 15.9 Å². The van der Waals surface area contributed by atoms with Crippen LogP contribution in [-0.4, -0.2) is 34.7 Å². The van der Waals surface area contributed by atoms with Crippen molar-refractivity contribution in [3.63, 3.8) is 0 Å². The second kappa shape index (κ2) is 10.7. The van der Waals surface area contributed by atoms with Gasteiger partial charge in [0.25, 0.3) is 5.56 Å². The van der Waals surface area contributed by atoms with E-state index in [1.807, 2.05) is 12.1 Å². The van der Waals surface area contributed by atoms with Gasteiger partial charge in [-0.15, -0.1) is 0 Å². The van der Waals surface area contributed by atoms with Gasteiger partial charge in [-0.1, -0.05) is 23.7 Å². The molecule has 0 spiro atoms. The Morgan fingerprint density at radius 1 is 1.03 bits per heavy atom. The molecule has 9 nitrogen and oxygen atoms in total. The Hall–Kier alpha value is -4.37. The highest BCUT2D eigenvalue weighted by Gasteiger charge is 2.12. The molecule has 2 aromatic carbocycles. The van der Waals surface area contributed by atoms with Crippen LogP contribution in [-0.2, 0) is 11.3 Å². The molecule has 178 valence electrons. The van der Waals surface area contributed by atoms with Gasteiger partial charge < -0.3 is 20.1 Å². The van der Waals surface area contributed by atoms with E-state index in [-0.39, 0.29) is 11.1 Å². The number of nitrogens with one attached hydrogen (secondary N) is 2. The summed E-state index contributed by atoms with van der Waals surface area (Å²) in [7, 11) is 2.98. The minimum absolute atomic E-state index is 0.210. The Kier molecular flexibility index (Phi) is 7.27. The van der Waals surface area contributed by atoms with Crippen LogP contribution in [0.15, 0.2) is 78.0 Å². The van der Waals surface area contributed by atoms with Gasteiger partial charge in [0.1, 0.15) is 17.2 Å². The number of benzene rings is 2. The van der Waals surface area contributed by atoms with Gasteiger partial charge in [-0.25, -0.2) is 9.78 Å². The van der Waals surface area contributed by atoms with Crippen LogP contribution in [0, 0.1) is 0 Å². The first-order valence-corrected chi connectivity index (χ1v) is 10.9. The number of methoxy groups -OCH3 is 1. The summed E-state index contributed by atoms with van der Waals surface area (Å²) in [6.45, 7) is 0.311. The Bertz CT molecular complexity index is 1390. The Balaban J connectivity index is 1.54. The van der Waals surface area contributed by atoms with E-state index in [0.717, 1.165) is 5.56 Å². The third kappa shape index (κ3) is 5.77. The van der Waals surface area contributed by atoms with Crippen LogP contribution in [0.3, 0.4) is 0 Å². The largest absolute Gasteiger partial charge is 0.465 e. The monoisotopic (exact) mass is 491 g/mol. The van der Waals surface area contributed by atoms with Gasteiger partial charge in [0.2, 0.25) is 5.95 Å². The average Bonchev–Trinajstić information content (AvgIpc) is 2.88. The smallest absolute Gasteiger partial charge is 0.339 e. The van der Waals surface area contributed by atoms with Crippen molar-refractivity contribution in [3.05, 3.63) is 99.7 Å². The van der Waals surface area contributed by atoms with E-state index in [9.17, 15) is 9.59 Å². The first kappa shape index (κ1) is 23.8. The lowest BCUT2D eigenvalue weighted by Crippen LogP contribution is -2.26. The molecule has 0 fully saturated rings. The zero-order valence-corrected chi connectivity index (χ0v) is 19.7. The molecule has 4 aromatic rings. The van der Waals surface area contributed by atoms with E-state index in [1.165, 1.54) is 25.7 Å². The predicted molar refractivity (Wildman–Crippen MR) is 134 cm³/mol. The summed E-state index contributed by atoms with van der Waals surface area (Å²) in [5.74, 6) is 0.822. The fourth-order valence-electron chi connectivity index (χ4n) is 3.26. The zero-order chi connectivity index (χ0) is 24.8. The minimum atomic E-state index is -0.496. The highest BCUT2D eigenvalue weighted by molar-refractivity contribution is 6.30. The van der Waals surface area contributed by atoms with E-state index in [4.69, 9.17) is 21.1 Å². The second-order valence-corrected chi connectivity index (χ2v) is 7.85. The van der Waals surface area contributed by atoms with Gasteiger partial charge in [0.05, 0.1) is 31.6 Å². The Morgan fingerprint density at radius 2 is 1.77 bits per heavy atom. The summed E-state index contributed by atoms with van der Waals surface area (Å²) in [6, 6.07) is 15.9. The fourth-order valence-corrected chi connectivity index (χ4v) is 3.38. The van der Waals surface area contributed by atoms with Gasteiger partial charge in [-0.3, -0.25) is 14.3 Å². The van der Waals surface area contributed by atoms with Crippen molar-refractivity contribution in [2.24, 2.45) is 0 Å². The molecule has 35 heavy (non-hydrogen) atoms. The quantitative estimate of drug-likeness (QED) is 0.341. The number of aromatic nitrogens is 3. The minimum Gasteiger partial charge on any atom is -0.465 e. The highest BCUT2D eigenvalue weighted by atomic mass is 35.5. The van der Waals surface area contributed by atoms with Gasteiger partial charge in [0, 0.05) is 24.0 Å². The van der Waals surface area contributed by atoms with Crippen LogP contribution in [0.5, 0.6) is 11.5 Å². The lowest BCUT2D eigenvalue weighted by atomic mass is 10.2. The van der Waals surface area contributed by atoms with Crippen molar-refractivity contribution in [2.45, 2.75) is 6.54 Å². The van der Waals surface area contributed by atoms with Crippen molar-refractivity contribution >= 4 is 34.9 Å². The molecular formula is C25H22ClN5O4. The molecule has 2 aromatic heterocycles. The summed E-state index contributed by atoms with van der Waals surface area (Å²) < 4.78 is 12.0. The maximum Gasteiger partial charge on any atom is 0.339 e. The van der Waals surface area contributed by atoms with Gasteiger partial charge in [-0.05, 0) is 48.0 Å². The number of hydrogen-bond acceptors (Lipinski definition) is 8. The SMILES string of the molecule is CNc1cnc(Nc2ccc(Oc3cncc(C(=O)OC)c3)cc2)n(Cc2ccc(Cl)cc2)c1=O. The van der Waals surface area contributed by atoms with Crippen LogP contribution in [0.2, 0.25) is 5.02 Å². The van der Waals surface area contributed by atoms with E-state index < -0.39 is 5.97 Å². The molecule has 0 saturated heterocycles. The number of hydrogen-bond donors (Lipinski definition) is 2. The molecule has 0 saturated carbocycles. The number of esters is 1. The van der Waals surface area contributed by atoms with Crippen LogP contribution in [0.4, 0.5) is 17.3 Å². The summed E-state index contributed by atoms with van der Waals surface area (Å²) in [5, 5.41) is 6.68. The second-order valence-electron chi connectivity index (χ2n) is 7.42. The van der Waals surface area contributed by atoms with Crippen molar-refractivity contribution in [2.75, 3.05) is 24.8 Å². The van der Waals surface area contributed by atoms with Gasteiger partial charge in [-0.2, -0.15) is 0 Å². The fraction of sp³-hybridized carbons (Fsp3) is 0.120. The van der Waals surface area contributed by atoms with E-state index in [0.29, 0.717) is 40.4 Å². The third-order valence-electron chi connectivity index (χ3n) is 5.05. The van der Waals surface area contributed by atoms with E-state index >= 15 is 0 Å². The number of anilines is 3. The van der Waals surface area contributed by atoms with Gasteiger partial charge in [0.15, 0.2) is 0 Å². The number of halogens is 1. The number of carbonyl (C=O) groups excluding carboxylic acids is 1. The van der Waals surface area contributed by atoms with E-state index in [1.54, 1.807) is 54.1 Å². The molecule has 0 bridgehead atoms. The molecule has 4 rings (SSSR count).